The first-order valence-electron chi connectivity index (χ1n) is 5.36. The summed E-state index contributed by atoms with van der Waals surface area (Å²) in [5.74, 6) is 1.47. The normalized spacial score (nSPS) is 21.0. The smallest absolute Gasteiger partial charge is 0.376 e. The molecular formula is C10H21BNO. The summed E-state index contributed by atoms with van der Waals surface area (Å²) < 4.78 is 0. The van der Waals surface area contributed by atoms with Crippen molar-refractivity contribution in [2.75, 3.05) is 13.1 Å². The minimum atomic E-state index is -0.264. The molecule has 0 saturated carbocycles. The van der Waals surface area contributed by atoms with Crippen LogP contribution in [0.5, 0.6) is 0 Å². The number of piperidine rings is 1. The van der Waals surface area contributed by atoms with E-state index in [1.807, 2.05) is 6.82 Å². The van der Waals surface area contributed by atoms with Crippen LogP contribution in [0.2, 0.25) is 6.82 Å². The number of nitrogens with zero attached hydrogens (tertiary/aromatic N) is 1. The topological polar surface area (TPSA) is 23.5 Å². The summed E-state index contributed by atoms with van der Waals surface area (Å²) in [6, 6.07) is 0. The lowest BCUT2D eigenvalue weighted by Crippen LogP contribution is -2.43. The van der Waals surface area contributed by atoms with E-state index in [2.05, 4.69) is 25.1 Å². The van der Waals surface area contributed by atoms with E-state index in [0.717, 1.165) is 19.0 Å². The molecule has 0 aromatic heterocycles. The summed E-state index contributed by atoms with van der Waals surface area (Å²) in [6.07, 6.45) is 4.87. The molecule has 1 saturated heterocycles. The molecule has 0 unspecified atom stereocenters. The average Bonchev–Trinajstić information content (AvgIpc) is 2.04. The fourth-order valence-electron chi connectivity index (χ4n) is 2.03. The largest absolute Gasteiger partial charge is 0.437 e. The Kier molecular flexibility index (Phi) is 4.27. The van der Waals surface area contributed by atoms with E-state index in [9.17, 15) is 5.02 Å². The maximum atomic E-state index is 9.36. The van der Waals surface area contributed by atoms with Gasteiger partial charge < -0.3 is 9.83 Å². The van der Waals surface area contributed by atoms with Crippen LogP contribution in [0, 0.1) is 18.3 Å². The molecule has 0 spiro atoms. The molecule has 3 heteroatoms. The monoisotopic (exact) mass is 182 g/mol. The molecule has 75 valence electrons. The Morgan fingerprint density at radius 2 is 1.92 bits per heavy atom. The molecule has 0 aliphatic carbocycles. The number of hydrogen-bond donors (Lipinski definition) is 1. The molecule has 0 aromatic rings. The molecule has 1 heterocycles. The van der Waals surface area contributed by atoms with Gasteiger partial charge in [-0.3, -0.25) is 0 Å². The summed E-state index contributed by atoms with van der Waals surface area (Å²) in [4.78, 5) is 2.14. The lowest BCUT2D eigenvalue weighted by Gasteiger charge is -2.33. The Hall–Kier alpha value is -0.0151. The summed E-state index contributed by atoms with van der Waals surface area (Å²) in [6.45, 7) is 8.42. The molecule has 13 heavy (non-hydrogen) atoms. The van der Waals surface area contributed by atoms with Gasteiger partial charge in [-0.15, -0.1) is 0 Å². The summed E-state index contributed by atoms with van der Waals surface area (Å²) >= 11 is 0. The van der Waals surface area contributed by atoms with E-state index < -0.39 is 0 Å². The zero-order chi connectivity index (χ0) is 9.84. The predicted molar refractivity (Wildman–Crippen MR) is 57.3 cm³/mol. The van der Waals surface area contributed by atoms with Crippen molar-refractivity contribution in [2.24, 2.45) is 11.8 Å². The van der Waals surface area contributed by atoms with Crippen LogP contribution in [-0.2, 0) is 0 Å². The van der Waals surface area contributed by atoms with Crippen LogP contribution in [0.25, 0.3) is 0 Å². The molecule has 0 amide bonds. The molecule has 1 aliphatic heterocycles. The van der Waals surface area contributed by atoms with Crippen molar-refractivity contribution in [3.05, 3.63) is 6.42 Å². The van der Waals surface area contributed by atoms with E-state index in [1.165, 1.54) is 12.8 Å². The summed E-state index contributed by atoms with van der Waals surface area (Å²) in [5.41, 5.74) is 0. The third-order valence-corrected chi connectivity index (χ3v) is 2.76. The fraction of sp³-hybridized carbons (Fsp3) is 0.900. The van der Waals surface area contributed by atoms with E-state index in [1.54, 1.807) is 0 Å². The highest BCUT2D eigenvalue weighted by Gasteiger charge is 2.24. The third-order valence-electron chi connectivity index (χ3n) is 2.76. The molecule has 2 nitrogen and oxygen atoms in total. The Bertz CT molecular complexity index is 142. The Morgan fingerprint density at radius 3 is 2.31 bits per heavy atom. The molecular weight excluding hydrogens is 161 g/mol. The van der Waals surface area contributed by atoms with Crippen molar-refractivity contribution in [3.8, 4) is 0 Å². The van der Waals surface area contributed by atoms with Gasteiger partial charge in [-0.25, -0.2) is 0 Å². The van der Waals surface area contributed by atoms with Gasteiger partial charge in [-0.1, -0.05) is 13.8 Å². The van der Waals surface area contributed by atoms with Gasteiger partial charge in [0.05, 0.1) is 0 Å². The van der Waals surface area contributed by atoms with Gasteiger partial charge in [0.15, 0.2) is 0 Å². The second-order valence-corrected chi connectivity index (χ2v) is 4.44. The SMILES string of the molecule is CB(O)N1CCC([CH]C(C)C)CC1. The van der Waals surface area contributed by atoms with E-state index >= 15 is 0 Å². The van der Waals surface area contributed by atoms with Crippen molar-refractivity contribution >= 4 is 7.05 Å². The molecule has 1 rings (SSSR count). The van der Waals surface area contributed by atoms with Gasteiger partial charge in [0.2, 0.25) is 0 Å². The Balaban J connectivity index is 2.22. The highest BCUT2D eigenvalue weighted by atomic mass is 16.2. The van der Waals surface area contributed by atoms with Crippen LogP contribution >= 0.6 is 0 Å². The van der Waals surface area contributed by atoms with Crippen molar-refractivity contribution < 1.29 is 5.02 Å². The van der Waals surface area contributed by atoms with Crippen LogP contribution in [0.3, 0.4) is 0 Å². The Morgan fingerprint density at radius 1 is 1.38 bits per heavy atom. The first-order chi connectivity index (χ1) is 6.09. The molecule has 0 bridgehead atoms. The van der Waals surface area contributed by atoms with Crippen molar-refractivity contribution in [3.63, 3.8) is 0 Å². The van der Waals surface area contributed by atoms with Crippen LogP contribution < -0.4 is 0 Å². The Labute approximate surface area is 82.5 Å². The van der Waals surface area contributed by atoms with Crippen molar-refractivity contribution in [2.45, 2.75) is 33.5 Å². The van der Waals surface area contributed by atoms with Crippen LogP contribution in [0.1, 0.15) is 26.7 Å². The first kappa shape index (κ1) is 11.1. The van der Waals surface area contributed by atoms with Crippen molar-refractivity contribution in [1.82, 2.24) is 4.81 Å². The van der Waals surface area contributed by atoms with E-state index in [-0.39, 0.29) is 7.05 Å². The van der Waals surface area contributed by atoms with Crippen LogP contribution in [-0.4, -0.2) is 30.0 Å². The zero-order valence-electron chi connectivity index (χ0n) is 9.03. The lowest BCUT2D eigenvalue weighted by atomic mass is 9.79. The summed E-state index contributed by atoms with van der Waals surface area (Å²) in [7, 11) is -0.264. The van der Waals surface area contributed by atoms with Gasteiger partial charge in [-0.2, -0.15) is 0 Å². The minimum absolute atomic E-state index is 0.264. The minimum Gasteiger partial charge on any atom is -0.437 e. The maximum Gasteiger partial charge on any atom is 0.376 e. The van der Waals surface area contributed by atoms with Crippen molar-refractivity contribution in [1.29, 1.82) is 0 Å². The zero-order valence-corrected chi connectivity index (χ0v) is 9.03. The highest BCUT2D eigenvalue weighted by molar-refractivity contribution is 6.45. The van der Waals surface area contributed by atoms with Crippen LogP contribution in [0.4, 0.5) is 0 Å². The van der Waals surface area contributed by atoms with Gasteiger partial charge >= 0.3 is 7.05 Å². The average molecular weight is 182 g/mol. The van der Waals surface area contributed by atoms with Gasteiger partial charge in [0, 0.05) is 0 Å². The van der Waals surface area contributed by atoms with Gasteiger partial charge in [-0.05, 0) is 51.0 Å². The lowest BCUT2D eigenvalue weighted by molar-refractivity contribution is 0.261. The van der Waals surface area contributed by atoms with Gasteiger partial charge in [0.25, 0.3) is 0 Å². The van der Waals surface area contributed by atoms with Crippen LogP contribution in [0.15, 0.2) is 0 Å². The number of hydrogen-bond acceptors (Lipinski definition) is 2. The highest BCUT2D eigenvalue weighted by Crippen LogP contribution is 2.23. The standard InChI is InChI=1S/C10H21BNO/c1-9(2)8-10-4-6-12(7-5-10)11(3)13/h8-10,13H,4-7H2,1-3H3. The maximum absolute atomic E-state index is 9.36. The quantitative estimate of drug-likeness (QED) is 0.671. The van der Waals surface area contributed by atoms with E-state index in [0.29, 0.717) is 5.92 Å². The molecule has 1 radical (unpaired) electrons. The third kappa shape index (κ3) is 3.69. The predicted octanol–water partition coefficient (Wildman–Crippen LogP) is 1.67. The fourth-order valence-corrected chi connectivity index (χ4v) is 2.03. The molecule has 0 aromatic carbocycles. The molecule has 1 aliphatic rings. The first-order valence-corrected chi connectivity index (χ1v) is 5.36. The molecule has 1 N–H and O–H groups in total. The molecule has 0 atom stereocenters. The molecule has 1 fully saturated rings. The summed E-state index contributed by atoms with van der Waals surface area (Å²) in [5, 5.41) is 9.36. The van der Waals surface area contributed by atoms with E-state index in [4.69, 9.17) is 0 Å². The van der Waals surface area contributed by atoms with Gasteiger partial charge in [0.1, 0.15) is 0 Å². The number of rotatable bonds is 3. The second kappa shape index (κ2) is 5.01. The second-order valence-electron chi connectivity index (χ2n) is 4.44.